The van der Waals surface area contributed by atoms with E-state index >= 15 is 0 Å². The third-order valence-electron chi connectivity index (χ3n) is 3.64. The van der Waals surface area contributed by atoms with Gasteiger partial charge in [-0.25, -0.2) is 4.79 Å². The van der Waals surface area contributed by atoms with Crippen LogP contribution in [0.5, 0.6) is 0 Å². The van der Waals surface area contributed by atoms with Crippen molar-refractivity contribution in [2.75, 3.05) is 0 Å². The van der Waals surface area contributed by atoms with Crippen LogP contribution < -0.4 is 11.1 Å². The summed E-state index contributed by atoms with van der Waals surface area (Å²) in [6.07, 6.45) is -5.33. The molecule has 0 saturated heterocycles. The molecule has 0 aromatic rings. The Hall–Kier alpha value is -1.31. The van der Waals surface area contributed by atoms with Crippen molar-refractivity contribution in [3.63, 3.8) is 0 Å². The van der Waals surface area contributed by atoms with Gasteiger partial charge in [0.2, 0.25) is 5.78 Å². The minimum atomic E-state index is -4.98. The summed E-state index contributed by atoms with van der Waals surface area (Å²) in [6, 6.07) is 0. The van der Waals surface area contributed by atoms with Crippen molar-refractivity contribution in [1.29, 1.82) is 0 Å². The van der Waals surface area contributed by atoms with Crippen LogP contribution in [0.15, 0.2) is 0 Å². The third-order valence-corrected chi connectivity index (χ3v) is 3.64. The monoisotopic (exact) mass is 324 g/mol. The van der Waals surface area contributed by atoms with E-state index in [9.17, 15) is 22.8 Å². The molecule has 22 heavy (non-hydrogen) atoms. The zero-order chi connectivity index (χ0) is 17.3. The maximum atomic E-state index is 12.8. The first kappa shape index (κ1) is 18.7. The highest BCUT2D eigenvalue weighted by molar-refractivity contribution is 5.88. The summed E-state index contributed by atoms with van der Waals surface area (Å²) < 4.78 is 43.3. The lowest BCUT2D eigenvalue weighted by Crippen LogP contribution is -2.66. The van der Waals surface area contributed by atoms with Crippen molar-refractivity contribution in [1.82, 2.24) is 5.32 Å². The second kappa shape index (κ2) is 6.06. The number of hydrogen-bond acceptors (Lipinski definition) is 4. The first-order valence-electron chi connectivity index (χ1n) is 7.16. The Morgan fingerprint density at radius 3 is 2.27 bits per heavy atom. The molecule has 128 valence electrons. The van der Waals surface area contributed by atoms with Gasteiger partial charge in [0.15, 0.2) is 0 Å². The predicted octanol–water partition coefficient (Wildman–Crippen LogP) is 2.73. The Labute approximate surface area is 127 Å². The number of Topliss-reactive ketones (excluding diaryl/α,β-unsaturated/α-hetero) is 1. The van der Waals surface area contributed by atoms with Crippen molar-refractivity contribution in [2.45, 2.75) is 64.4 Å². The largest absolute Gasteiger partial charge is 0.450 e. The van der Waals surface area contributed by atoms with Gasteiger partial charge >= 0.3 is 12.3 Å². The molecule has 3 N–H and O–H groups in total. The standard InChI is InChI=1S/C14H23F3N2O3/c1-8-5-6-13(18,19-11(21)22-12(2,3)4)9(7-8)10(20)14(15,16)17/h8-9H,5-7,18H2,1-4H3,(H,19,21)/t8-,9+,13?/m0/s1. The van der Waals surface area contributed by atoms with Crippen molar-refractivity contribution in [2.24, 2.45) is 17.6 Å². The van der Waals surface area contributed by atoms with Crippen LogP contribution in [0.25, 0.3) is 0 Å². The molecule has 1 rings (SSSR count). The molecular weight excluding hydrogens is 301 g/mol. The van der Waals surface area contributed by atoms with Crippen LogP contribution in [0.4, 0.5) is 18.0 Å². The van der Waals surface area contributed by atoms with Crippen molar-refractivity contribution in [3.05, 3.63) is 0 Å². The van der Waals surface area contributed by atoms with E-state index in [1.165, 1.54) is 0 Å². The lowest BCUT2D eigenvalue weighted by molar-refractivity contribution is -0.180. The van der Waals surface area contributed by atoms with E-state index in [0.717, 1.165) is 0 Å². The van der Waals surface area contributed by atoms with E-state index in [0.29, 0.717) is 6.42 Å². The van der Waals surface area contributed by atoms with Gasteiger partial charge in [0.25, 0.3) is 0 Å². The van der Waals surface area contributed by atoms with Crippen molar-refractivity contribution >= 4 is 11.9 Å². The van der Waals surface area contributed by atoms with Crippen LogP contribution >= 0.6 is 0 Å². The average molecular weight is 324 g/mol. The molecule has 1 aliphatic carbocycles. The molecular formula is C14H23F3N2O3. The van der Waals surface area contributed by atoms with Crippen LogP contribution in [0.2, 0.25) is 0 Å². The number of nitrogens with two attached hydrogens (primary N) is 1. The Kier molecular flexibility index (Phi) is 5.16. The van der Waals surface area contributed by atoms with Crippen LogP contribution in [0.3, 0.4) is 0 Å². The zero-order valence-corrected chi connectivity index (χ0v) is 13.2. The second-order valence-corrected chi connectivity index (χ2v) is 6.96. The molecule has 1 saturated carbocycles. The number of nitrogens with one attached hydrogen (secondary N) is 1. The van der Waals surface area contributed by atoms with Gasteiger partial charge in [-0.2, -0.15) is 13.2 Å². The highest BCUT2D eigenvalue weighted by Crippen LogP contribution is 2.38. The number of ether oxygens (including phenoxy) is 1. The number of carbonyl (C=O) groups excluding carboxylic acids is 2. The van der Waals surface area contributed by atoms with E-state index < -0.39 is 35.2 Å². The van der Waals surface area contributed by atoms with Gasteiger partial charge < -0.3 is 15.8 Å². The topological polar surface area (TPSA) is 81.4 Å². The Balaban J connectivity index is 2.95. The number of alkyl halides is 3. The SMILES string of the molecule is C[C@H]1CCC(N)(NC(=O)OC(C)(C)C)[C@@H](C(=O)C(F)(F)F)C1. The van der Waals surface area contributed by atoms with Crippen LogP contribution in [-0.2, 0) is 9.53 Å². The fraction of sp³-hybridized carbons (Fsp3) is 0.857. The molecule has 0 aliphatic heterocycles. The van der Waals surface area contributed by atoms with Crippen molar-refractivity contribution < 1.29 is 27.5 Å². The van der Waals surface area contributed by atoms with Crippen molar-refractivity contribution in [3.8, 4) is 0 Å². The lowest BCUT2D eigenvalue weighted by atomic mass is 9.72. The van der Waals surface area contributed by atoms with Gasteiger partial charge in [-0.1, -0.05) is 6.92 Å². The molecule has 5 nitrogen and oxygen atoms in total. The maximum absolute atomic E-state index is 12.8. The minimum absolute atomic E-state index is 0.0232. The molecule has 0 heterocycles. The Morgan fingerprint density at radius 2 is 1.82 bits per heavy atom. The van der Waals surface area contributed by atoms with Gasteiger partial charge in [0.1, 0.15) is 11.3 Å². The first-order valence-corrected chi connectivity index (χ1v) is 7.16. The zero-order valence-electron chi connectivity index (χ0n) is 13.2. The number of ketones is 1. The fourth-order valence-electron chi connectivity index (χ4n) is 2.57. The van der Waals surface area contributed by atoms with Crippen LogP contribution in [-0.4, -0.2) is 29.3 Å². The summed E-state index contributed by atoms with van der Waals surface area (Å²) in [4.78, 5) is 23.5. The molecule has 0 aromatic heterocycles. The number of halogens is 3. The quantitative estimate of drug-likeness (QED) is 0.765. The number of carbonyl (C=O) groups is 2. The second-order valence-electron chi connectivity index (χ2n) is 6.96. The van der Waals surface area contributed by atoms with Crippen LogP contribution in [0.1, 0.15) is 47.0 Å². The summed E-state index contributed by atoms with van der Waals surface area (Å²) in [5, 5.41) is 2.27. The molecule has 0 bridgehead atoms. The molecule has 0 spiro atoms. The van der Waals surface area contributed by atoms with Gasteiger partial charge in [-0.3, -0.25) is 4.79 Å². The summed E-state index contributed by atoms with van der Waals surface area (Å²) >= 11 is 0. The van der Waals surface area contributed by atoms with E-state index in [1.54, 1.807) is 27.7 Å². The van der Waals surface area contributed by atoms with E-state index in [4.69, 9.17) is 10.5 Å². The molecule has 1 amide bonds. The highest BCUT2D eigenvalue weighted by atomic mass is 19.4. The molecule has 0 radical (unpaired) electrons. The molecule has 1 aliphatic rings. The molecule has 1 unspecified atom stereocenters. The number of alkyl carbamates (subject to hydrolysis) is 1. The van der Waals surface area contributed by atoms with Gasteiger partial charge in [0, 0.05) is 0 Å². The van der Waals surface area contributed by atoms with Crippen LogP contribution in [0, 0.1) is 11.8 Å². The number of rotatable bonds is 2. The molecule has 8 heteroatoms. The molecule has 1 fully saturated rings. The summed E-state index contributed by atoms with van der Waals surface area (Å²) in [5.74, 6) is -3.49. The van der Waals surface area contributed by atoms with Gasteiger partial charge in [0.05, 0.1) is 5.92 Å². The Bertz CT molecular complexity index is 446. The summed E-state index contributed by atoms with van der Waals surface area (Å²) in [7, 11) is 0. The number of hydrogen-bond donors (Lipinski definition) is 2. The summed E-state index contributed by atoms with van der Waals surface area (Å²) in [6.45, 7) is 6.62. The van der Waals surface area contributed by atoms with E-state index in [2.05, 4.69) is 5.32 Å². The average Bonchev–Trinajstić information content (AvgIpc) is 2.27. The van der Waals surface area contributed by atoms with Gasteiger partial charge in [-0.15, -0.1) is 0 Å². The normalized spacial score (nSPS) is 29.8. The molecule has 0 aromatic carbocycles. The predicted molar refractivity (Wildman–Crippen MR) is 73.9 cm³/mol. The smallest absolute Gasteiger partial charge is 0.444 e. The molecule has 3 atom stereocenters. The Morgan fingerprint density at radius 1 is 1.27 bits per heavy atom. The third kappa shape index (κ3) is 4.86. The summed E-state index contributed by atoms with van der Waals surface area (Å²) in [5.41, 5.74) is 3.39. The fourth-order valence-corrected chi connectivity index (χ4v) is 2.57. The van der Waals surface area contributed by atoms with E-state index in [-0.39, 0.29) is 18.8 Å². The first-order chi connectivity index (χ1) is 9.74. The van der Waals surface area contributed by atoms with E-state index in [1.807, 2.05) is 0 Å². The lowest BCUT2D eigenvalue weighted by Gasteiger charge is -2.43. The highest BCUT2D eigenvalue weighted by Gasteiger charge is 2.53. The van der Waals surface area contributed by atoms with Gasteiger partial charge in [-0.05, 0) is 46.0 Å². The number of amides is 1. The minimum Gasteiger partial charge on any atom is -0.444 e. The maximum Gasteiger partial charge on any atom is 0.450 e.